The van der Waals surface area contributed by atoms with Crippen LogP contribution < -0.4 is 15.5 Å². The normalized spacial score (nSPS) is 14.1. The summed E-state index contributed by atoms with van der Waals surface area (Å²) in [7, 11) is 0. The van der Waals surface area contributed by atoms with Gasteiger partial charge in [-0.3, -0.25) is 14.5 Å². The number of anilines is 2. The second-order valence-electron chi connectivity index (χ2n) is 8.46. The van der Waals surface area contributed by atoms with Crippen molar-refractivity contribution >= 4 is 34.5 Å². The number of piperazine rings is 1. The van der Waals surface area contributed by atoms with Gasteiger partial charge in [-0.1, -0.05) is 29.5 Å². The molecular weight excluding hydrogens is 448 g/mol. The molecule has 0 unspecified atom stereocenters. The van der Waals surface area contributed by atoms with Crippen LogP contribution in [0.25, 0.3) is 0 Å². The fraction of sp³-hybridized carbons (Fsp3) is 0.360. The number of carbonyl (C=O) groups is 2. The third kappa shape index (κ3) is 5.78. The Morgan fingerprint density at radius 2 is 1.74 bits per heavy atom. The van der Waals surface area contributed by atoms with Crippen LogP contribution in [0.2, 0.25) is 0 Å². The summed E-state index contributed by atoms with van der Waals surface area (Å²) in [6, 6.07) is 13.4. The van der Waals surface area contributed by atoms with E-state index >= 15 is 0 Å². The van der Waals surface area contributed by atoms with Crippen LogP contribution in [0.1, 0.15) is 36.3 Å². The van der Waals surface area contributed by atoms with Gasteiger partial charge in [0.15, 0.2) is 0 Å². The highest BCUT2D eigenvalue weighted by Gasteiger charge is 2.19. The lowest BCUT2D eigenvalue weighted by atomic mass is 10.1. The summed E-state index contributed by atoms with van der Waals surface area (Å²) in [5, 5.41) is 14.5. The summed E-state index contributed by atoms with van der Waals surface area (Å²) in [6.45, 7) is 11.4. The van der Waals surface area contributed by atoms with Crippen molar-refractivity contribution in [3.63, 3.8) is 0 Å². The van der Waals surface area contributed by atoms with Crippen LogP contribution in [0.3, 0.4) is 0 Å². The Kier molecular flexibility index (Phi) is 7.54. The van der Waals surface area contributed by atoms with Crippen LogP contribution in [0.15, 0.2) is 42.5 Å². The van der Waals surface area contributed by atoms with E-state index in [4.69, 9.17) is 0 Å². The molecule has 1 aliphatic heterocycles. The number of carbonyl (C=O) groups excluding carboxylic acids is 2. The average molecular weight is 479 g/mol. The van der Waals surface area contributed by atoms with Gasteiger partial charge >= 0.3 is 0 Å². The number of hydrogen-bond acceptors (Lipinski definition) is 7. The van der Waals surface area contributed by atoms with Gasteiger partial charge in [-0.2, -0.15) is 0 Å². The van der Waals surface area contributed by atoms with Gasteiger partial charge < -0.3 is 15.5 Å². The Morgan fingerprint density at radius 1 is 0.971 bits per heavy atom. The lowest BCUT2D eigenvalue weighted by molar-refractivity contribution is 0.0946. The van der Waals surface area contributed by atoms with E-state index in [1.54, 1.807) is 31.2 Å². The molecule has 2 amide bonds. The van der Waals surface area contributed by atoms with Gasteiger partial charge in [-0.05, 0) is 56.2 Å². The van der Waals surface area contributed by atoms with Crippen LogP contribution in [0.4, 0.5) is 11.4 Å². The number of aryl methyl sites for hydroxylation is 2. The monoisotopic (exact) mass is 478 g/mol. The lowest BCUT2D eigenvalue weighted by Crippen LogP contribution is -2.48. The number of nitrogens with zero attached hydrogens (tertiary/aromatic N) is 4. The van der Waals surface area contributed by atoms with Crippen molar-refractivity contribution in [2.45, 2.75) is 20.8 Å². The van der Waals surface area contributed by atoms with E-state index < -0.39 is 0 Å². The molecule has 1 aliphatic rings. The van der Waals surface area contributed by atoms with Crippen molar-refractivity contribution in [1.82, 2.24) is 20.4 Å². The fourth-order valence-corrected chi connectivity index (χ4v) is 4.62. The van der Waals surface area contributed by atoms with Gasteiger partial charge in [0.05, 0.1) is 0 Å². The van der Waals surface area contributed by atoms with E-state index in [9.17, 15) is 9.59 Å². The quantitative estimate of drug-likeness (QED) is 0.542. The van der Waals surface area contributed by atoms with Gasteiger partial charge in [0.25, 0.3) is 11.8 Å². The molecule has 0 saturated carbocycles. The number of hydrogen-bond donors (Lipinski definition) is 2. The molecule has 2 aromatic carbocycles. The minimum atomic E-state index is -0.330. The zero-order valence-electron chi connectivity index (χ0n) is 19.8. The zero-order chi connectivity index (χ0) is 24.1. The van der Waals surface area contributed by atoms with Gasteiger partial charge in [0.1, 0.15) is 5.01 Å². The Balaban J connectivity index is 1.23. The summed E-state index contributed by atoms with van der Waals surface area (Å²) in [4.78, 5) is 29.7. The SMILES string of the molecule is Cc1nnc(C(=O)Nc2cccc(C(=O)NCCN3CCN(c4cccc(C)c4C)CC3)c2)s1. The molecule has 2 N–H and O–H groups in total. The van der Waals surface area contributed by atoms with Gasteiger partial charge in [-0.25, -0.2) is 0 Å². The number of rotatable bonds is 7. The molecule has 1 fully saturated rings. The first-order valence-corrected chi connectivity index (χ1v) is 12.3. The molecule has 0 atom stereocenters. The number of aromatic nitrogens is 2. The second-order valence-corrected chi connectivity index (χ2v) is 9.65. The summed E-state index contributed by atoms with van der Waals surface area (Å²) >= 11 is 1.23. The van der Waals surface area contributed by atoms with E-state index in [1.807, 2.05) is 0 Å². The third-order valence-corrected chi connectivity index (χ3v) is 6.94. The van der Waals surface area contributed by atoms with Crippen molar-refractivity contribution in [3.8, 4) is 0 Å². The summed E-state index contributed by atoms with van der Waals surface area (Å²) < 4.78 is 0. The maximum Gasteiger partial charge on any atom is 0.286 e. The lowest BCUT2D eigenvalue weighted by Gasteiger charge is -2.37. The third-order valence-electron chi connectivity index (χ3n) is 6.11. The molecule has 34 heavy (non-hydrogen) atoms. The van der Waals surface area contributed by atoms with Gasteiger partial charge in [-0.15, -0.1) is 10.2 Å². The predicted octanol–water partition coefficient (Wildman–Crippen LogP) is 3.27. The molecule has 0 aliphatic carbocycles. The summed E-state index contributed by atoms with van der Waals surface area (Å²) in [5.41, 5.74) is 5.04. The van der Waals surface area contributed by atoms with E-state index in [1.165, 1.54) is 28.2 Å². The molecular formula is C25H30N6O2S. The van der Waals surface area contributed by atoms with Crippen molar-refractivity contribution in [2.24, 2.45) is 0 Å². The Hall–Kier alpha value is -3.30. The van der Waals surface area contributed by atoms with E-state index in [0.717, 1.165) is 37.7 Å². The maximum absolute atomic E-state index is 12.6. The van der Waals surface area contributed by atoms with Crippen LogP contribution in [0.5, 0.6) is 0 Å². The average Bonchev–Trinajstić information content (AvgIpc) is 3.28. The minimum absolute atomic E-state index is 0.156. The molecule has 2 heterocycles. The van der Waals surface area contributed by atoms with Crippen LogP contribution in [-0.2, 0) is 0 Å². The van der Waals surface area contributed by atoms with Crippen LogP contribution in [-0.4, -0.2) is 66.2 Å². The first-order valence-electron chi connectivity index (χ1n) is 11.4. The topological polar surface area (TPSA) is 90.5 Å². The molecule has 178 valence electrons. The molecule has 0 radical (unpaired) electrons. The van der Waals surface area contributed by atoms with Crippen LogP contribution in [0, 0.1) is 20.8 Å². The molecule has 0 spiro atoms. The van der Waals surface area contributed by atoms with Crippen molar-refractivity contribution < 1.29 is 9.59 Å². The first kappa shape index (κ1) is 23.8. The maximum atomic E-state index is 12.6. The molecule has 8 nitrogen and oxygen atoms in total. The predicted molar refractivity (Wildman–Crippen MR) is 136 cm³/mol. The second kappa shape index (κ2) is 10.8. The number of benzene rings is 2. The first-order chi connectivity index (χ1) is 16.4. The summed E-state index contributed by atoms with van der Waals surface area (Å²) in [6.07, 6.45) is 0. The zero-order valence-corrected chi connectivity index (χ0v) is 20.6. The van der Waals surface area contributed by atoms with Gasteiger partial charge in [0.2, 0.25) is 5.01 Å². The van der Waals surface area contributed by atoms with Crippen molar-refractivity contribution in [3.05, 3.63) is 69.2 Å². The molecule has 4 rings (SSSR count). The largest absolute Gasteiger partial charge is 0.369 e. The van der Waals surface area contributed by atoms with Crippen LogP contribution >= 0.6 is 11.3 Å². The highest BCUT2D eigenvalue weighted by Crippen LogP contribution is 2.23. The fourth-order valence-electron chi connectivity index (χ4n) is 4.03. The molecule has 0 bridgehead atoms. The van der Waals surface area contributed by atoms with Crippen molar-refractivity contribution in [1.29, 1.82) is 0 Å². The molecule has 9 heteroatoms. The highest BCUT2D eigenvalue weighted by molar-refractivity contribution is 7.13. The van der Waals surface area contributed by atoms with E-state index in [2.05, 4.69) is 62.7 Å². The highest BCUT2D eigenvalue weighted by atomic mass is 32.1. The van der Waals surface area contributed by atoms with Gasteiger partial charge in [0, 0.05) is 56.2 Å². The standard InChI is InChI=1S/C25H30N6O2S/c1-17-6-4-9-22(18(17)2)31-14-12-30(13-15-31)11-10-26-23(32)20-7-5-8-21(16-20)27-24(33)25-29-28-19(3)34-25/h4-9,16H,10-15H2,1-3H3,(H,26,32)(H,27,33). The number of amides is 2. The molecule has 1 saturated heterocycles. The van der Waals surface area contributed by atoms with E-state index in [0.29, 0.717) is 22.8 Å². The smallest absolute Gasteiger partial charge is 0.286 e. The summed E-state index contributed by atoms with van der Waals surface area (Å²) in [5.74, 6) is -0.486. The Morgan fingerprint density at radius 3 is 2.47 bits per heavy atom. The Labute approximate surface area is 204 Å². The Bertz CT molecular complexity index is 1170. The molecule has 1 aromatic heterocycles. The number of nitrogens with one attached hydrogen (secondary N) is 2. The molecule has 3 aromatic rings. The minimum Gasteiger partial charge on any atom is -0.369 e. The van der Waals surface area contributed by atoms with Crippen molar-refractivity contribution in [2.75, 3.05) is 49.5 Å². The van der Waals surface area contributed by atoms with E-state index in [-0.39, 0.29) is 11.8 Å².